The van der Waals surface area contributed by atoms with Crippen molar-refractivity contribution < 1.29 is 31.2 Å². The minimum Gasteiger partial charge on any atom is -0.389 e. The van der Waals surface area contributed by atoms with E-state index in [1.807, 2.05) is 0 Å². The molecule has 3 aliphatic rings. The van der Waals surface area contributed by atoms with Crippen molar-refractivity contribution >= 4 is 47.8 Å². The zero-order chi connectivity index (χ0) is 27.6. The number of piperidine rings is 1. The van der Waals surface area contributed by atoms with Crippen LogP contribution >= 0.6 is 11.3 Å². The normalized spacial score (nSPS) is 21.7. The Morgan fingerprint density at radius 3 is 2.44 bits per heavy atom. The molecule has 0 spiro atoms. The topological polar surface area (TPSA) is 144 Å². The second-order valence-corrected chi connectivity index (χ2v) is 15.9. The SMILES string of the molecule is CS(=O)(=O)C1CCN(Cc2cnc(NC(=O)C(=NO[C@@H]3CCOC3)c3ccc(S(=O)(=O)C4CC4)cc3)s2)CC1. The molecule has 39 heavy (non-hydrogen) atoms. The maximum absolute atomic E-state index is 13.3. The first-order valence-corrected chi connectivity index (χ1v) is 17.2. The van der Waals surface area contributed by atoms with E-state index in [0.29, 0.717) is 75.6 Å². The summed E-state index contributed by atoms with van der Waals surface area (Å²) in [5.74, 6) is -0.526. The maximum Gasteiger partial charge on any atom is 0.280 e. The van der Waals surface area contributed by atoms with Gasteiger partial charge < -0.3 is 9.57 Å². The molecule has 3 fully saturated rings. The summed E-state index contributed by atoms with van der Waals surface area (Å²) in [5, 5.41) is 6.70. The molecule has 3 heterocycles. The fourth-order valence-corrected chi connectivity index (χ4v) is 8.21. The van der Waals surface area contributed by atoms with E-state index in [1.165, 1.54) is 29.7 Å². The number of aromatic nitrogens is 1. The van der Waals surface area contributed by atoms with Gasteiger partial charge in [-0.05, 0) is 50.9 Å². The maximum atomic E-state index is 13.3. The summed E-state index contributed by atoms with van der Waals surface area (Å²) in [5.41, 5.74) is 0.434. The van der Waals surface area contributed by atoms with Crippen LogP contribution in [0.5, 0.6) is 0 Å². The molecule has 1 aromatic heterocycles. The number of hydrogen-bond donors (Lipinski definition) is 1. The van der Waals surface area contributed by atoms with Gasteiger partial charge in [0.1, 0.15) is 9.84 Å². The molecule has 2 aromatic rings. The molecule has 1 saturated carbocycles. The predicted octanol–water partition coefficient (Wildman–Crippen LogP) is 2.24. The molecule has 212 valence electrons. The first kappa shape index (κ1) is 28.1. The molecule has 0 radical (unpaired) electrons. The highest BCUT2D eigenvalue weighted by atomic mass is 32.2. The number of rotatable bonds is 10. The number of likely N-dealkylation sites (tertiary alicyclic amines) is 1. The van der Waals surface area contributed by atoms with Crippen LogP contribution in [0, 0.1) is 0 Å². The summed E-state index contributed by atoms with van der Waals surface area (Å²) >= 11 is 1.34. The molecule has 14 heteroatoms. The van der Waals surface area contributed by atoms with Gasteiger partial charge in [-0.15, -0.1) is 11.3 Å². The van der Waals surface area contributed by atoms with Gasteiger partial charge in [-0.25, -0.2) is 21.8 Å². The Kier molecular flexibility index (Phi) is 8.38. The number of oxime groups is 1. The van der Waals surface area contributed by atoms with Crippen molar-refractivity contribution in [2.45, 2.75) is 60.1 Å². The van der Waals surface area contributed by atoms with E-state index in [1.54, 1.807) is 18.3 Å². The minimum atomic E-state index is -3.35. The fourth-order valence-electron chi connectivity index (χ4n) is 4.63. The first-order valence-electron chi connectivity index (χ1n) is 12.9. The van der Waals surface area contributed by atoms with Crippen molar-refractivity contribution in [3.05, 3.63) is 40.9 Å². The van der Waals surface area contributed by atoms with Crippen molar-refractivity contribution in [3.8, 4) is 0 Å². The number of hydrogen-bond acceptors (Lipinski definition) is 11. The molecular weight excluding hydrogens is 564 g/mol. The van der Waals surface area contributed by atoms with E-state index in [-0.39, 0.29) is 27.2 Å². The van der Waals surface area contributed by atoms with Crippen LogP contribution < -0.4 is 5.32 Å². The molecule has 1 aromatic carbocycles. The molecule has 1 aliphatic carbocycles. The van der Waals surface area contributed by atoms with Crippen molar-refractivity contribution in [2.75, 3.05) is 37.9 Å². The molecule has 2 saturated heterocycles. The lowest BCUT2D eigenvalue weighted by Gasteiger charge is -2.30. The van der Waals surface area contributed by atoms with Gasteiger partial charge in [0.2, 0.25) is 0 Å². The molecule has 1 atom stereocenters. The predicted molar refractivity (Wildman–Crippen MR) is 147 cm³/mol. The number of amides is 1. The monoisotopic (exact) mass is 596 g/mol. The highest BCUT2D eigenvalue weighted by molar-refractivity contribution is 7.92. The number of ether oxygens (including phenoxy) is 1. The summed E-state index contributed by atoms with van der Waals surface area (Å²) in [6.45, 7) is 2.93. The number of benzene rings is 1. The standard InChI is InChI=1S/C25H32N4O7S3/c1-38(31,32)20-8-11-29(12-9-20)15-19-14-26-25(37-19)27-24(30)23(28-36-18-10-13-35-16-18)17-2-4-21(5-3-17)39(33,34)22-6-7-22/h2-5,14,18,20,22H,6-13,15-16H2,1H3,(H,26,27,30)/t18-/m1/s1. The molecule has 1 amide bonds. The van der Waals surface area contributed by atoms with E-state index < -0.39 is 25.6 Å². The van der Waals surface area contributed by atoms with Crippen LogP contribution in [-0.4, -0.2) is 87.5 Å². The molecule has 0 bridgehead atoms. The Labute approximate surface area is 232 Å². The van der Waals surface area contributed by atoms with Crippen LogP contribution in [-0.2, 0) is 40.6 Å². The third kappa shape index (κ3) is 7.04. The Morgan fingerprint density at radius 1 is 1.10 bits per heavy atom. The number of carbonyl (C=O) groups is 1. The van der Waals surface area contributed by atoms with Gasteiger partial charge in [-0.3, -0.25) is 15.0 Å². The molecule has 11 nitrogen and oxygen atoms in total. The average Bonchev–Trinajstić information content (AvgIpc) is 3.49. The summed E-state index contributed by atoms with van der Waals surface area (Å²) in [6.07, 6.45) is 5.94. The number of nitrogens with zero attached hydrogens (tertiary/aromatic N) is 3. The Hall–Kier alpha value is -2.39. The average molecular weight is 597 g/mol. The van der Waals surface area contributed by atoms with Crippen LogP contribution in [0.1, 0.15) is 42.5 Å². The molecule has 2 aliphatic heterocycles. The van der Waals surface area contributed by atoms with Crippen molar-refractivity contribution in [1.29, 1.82) is 0 Å². The second-order valence-electron chi connectivity index (χ2n) is 10.2. The van der Waals surface area contributed by atoms with Crippen LogP contribution in [0.3, 0.4) is 0 Å². The fraction of sp³-hybridized carbons (Fsp3) is 0.560. The number of nitrogens with one attached hydrogen (secondary N) is 1. The molecule has 5 rings (SSSR count). The highest BCUT2D eigenvalue weighted by Gasteiger charge is 2.37. The van der Waals surface area contributed by atoms with Gasteiger partial charge in [-0.1, -0.05) is 17.3 Å². The Balaban J connectivity index is 1.26. The highest BCUT2D eigenvalue weighted by Crippen LogP contribution is 2.33. The van der Waals surface area contributed by atoms with Crippen LogP contribution in [0.2, 0.25) is 0 Å². The summed E-state index contributed by atoms with van der Waals surface area (Å²) in [4.78, 5) is 26.5. The van der Waals surface area contributed by atoms with Crippen LogP contribution in [0.25, 0.3) is 0 Å². The molecule has 1 N–H and O–H groups in total. The molecule has 0 unspecified atom stereocenters. The summed E-state index contributed by atoms with van der Waals surface area (Å²) < 4.78 is 54.1. The Bertz CT molecular complexity index is 1420. The van der Waals surface area contributed by atoms with Crippen LogP contribution in [0.15, 0.2) is 40.5 Å². The summed E-state index contributed by atoms with van der Waals surface area (Å²) in [6, 6.07) is 6.13. The van der Waals surface area contributed by atoms with E-state index in [0.717, 1.165) is 4.88 Å². The third-order valence-corrected chi connectivity index (χ3v) is 12.0. The lowest BCUT2D eigenvalue weighted by atomic mass is 10.1. The van der Waals surface area contributed by atoms with E-state index in [2.05, 4.69) is 20.4 Å². The quantitative estimate of drug-likeness (QED) is 0.322. The van der Waals surface area contributed by atoms with Gasteiger partial charge in [-0.2, -0.15) is 0 Å². The largest absolute Gasteiger partial charge is 0.389 e. The van der Waals surface area contributed by atoms with Crippen molar-refractivity contribution in [3.63, 3.8) is 0 Å². The van der Waals surface area contributed by atoms with Gasteiger partial charge in [0.15, 0.2) is 26.8 Å². The van der Waals surface area contributed by atoms with Gasteiger partial charge >= 0.3 is 0 Å². The summed E-state index contributed by atoms with van der Waals surface area (Å²) in [7, 11) is -6.38. The molecular formula is C25H32N4O7S3. The van der Waals surface area contributed by atoms with E-state index in [4.69, 9.17) is 9.57 Å². The van der Waals surface area contributed by atoms with Gasteiger partial charge in [0, 0.05) is 35.9 Å². The van der Waals surface area contributed by atoms with Crippen LogP contribution in [0.4, 0.5) is 5.13 Å². The zero-order valence-corrected chi connectivity index (χ0v) is 24.1. The number of thiazole rings is 1. The lowest BCUT2D eigenvalue weighted by Crippen LogP contribution is -2.38. The number of sulfone groups is 2. The third-order valence-electron chi connectivity index (χ3n) is 7.11. The first-order chi connectivity index (χ1) is 18.6. The van der Waals surface area contributed by atoms with E-state index in [9.17, 15) is 21.6 Å². The smallest absolute Gasteiger partial charge is 0.280 e. The number of anilines is 1. The lowest BCUT2D eigenvalue weighted by molar-refractivity contribution is -0.110. The zero-order valence-electron chi connectivity index (χ0n) is 21.6. The van der Waals surface area contributed by atoms with E-state index >= 15 is 0 Å². The Morgan fingerprint density at radius 2 is 1.82 bits per heavy atom. The number of carbonyl (C=O) groups excluding carboxylic acids is 1. The van der Waals surface area contributed by atoms with Crippen molar-refractivity contribution in [1.82, 2.24) is 9.88 Å². The van der Waals surface area contributed by atoms with Crippen molar-refractivity contribution in [2.24, 2.45) is 5.16 Å². The van der Waals surface area contributed by atoms with Gasteiger partial charge in [0.25, 0.3) is 5.91 Å². The second kappa shape index (κ2) is 11.6. The minimum absolute atomic E-state index is 0.0110. The van der Waals surface area contributed by atoms with Gasteiger partial charge in [0.05, 0.1) is 28.6 Å².